The van der Waals surface area contributed by atoms with E-state index in [0.717, 1.165) is 55.2 Å². The molecule has 2 aliphatic heterocycles. The highest BCUT2D eigenvalue weighted by Crippen LogP contribution is 2.52. The molecule has 4 nitrogen and oxygen atoms in total. The number of aromatic carboxylic acids is 1. The van der Waals surface area contributed by atoms with Crippen LogP contribution in [0.3, 0.4) is 0 Å². The Hall–Kier alpha value is -1.91. The fourth-order valence-corrected chi connectivity index (χ4v) is 5.25. The van der Waals surface area contributed by atoms with Crippen molar-refractivity contribution in [3.05, 3.63) is 29.1 Å². The molecular formula is C19H21FN2O2. The highest BCUT2D eigenvalue weighted by Gasteiger charge is 2.46. The van der Waals surface area contributed by atoms with Crippen molar-refractivity contribution < 1.29 is 14.3 Å². The highest BCUT2D eigenvalue weighted by atomic mass is 19.1. The van der Waals surface area contributed by atoms with Gasteiger partial charge < -0.3 is 10.0 Å². The zero-order chi connectivity index (χ0) is 16.4. The summed E-state index contributed by atoms with van der Waals surface area (Å²) in [6.45, 7) is 2.13. The summed E-state index contributed by atoms with van der Waals surface area (Å²) in [5.74, 6) is 1.65. The summed E-state index contributed by atoms with van der Waals surface area (Å²) < 4.78 is 14.5. The van der Waals surface area contributed by atoms with E-state index in [1.54, 1.807) is 6.07 Å². The number of halogens is 1. The van der Waals surface area contributed by atoms with Crippen LogP contribution >= 0.6 is 0 Å². The van der Waals surface area contributed by atoms with Crippen LogP contribution in [-0.2, 0) is 0 Å². The standard InChI is InChI=1S/C19H21FN2O2/c20-16-7-12(19(23)24)6-15-13-4-5-14(13)18(21-17(15)16)22-8-10-2-1-3-11(10)9-22/h6-7,10-11,13-14H,1-5,8-9H2,(H,23,24)/t10-,11+,13?,14?. The van der Waals surface area contributed by atoms with E-state index in [9.17, 15) is 14.3 Å². The molecule has 0 spiro atoms. The Labute approximate surface area is 140 Å². The molecule has 1 aromatic carbocycles. The number of carboxylic acid groups (broad SMARTS) is 1. The summed E-state index contributed by atoms with van der Waals surface area (Å²) in [6.07, 6.45) is 6.05. The molecular weight excluding hydrogens is 307 g/mol. The van der Waals surface area contributed by atoms with E-state index < -0.39 is 11.8 Å². The van der Waals surface area contributed by atoms with Crippen LogP contribution < -0.4 is 0 Å². The Morgan fingerprint density at radius 2 is 1.83 bits per heavy atom. The molecule has 3 fully saturated rings. The van der Waals surface area contributed by atoms with Crippen LogP contribution in [0, 0.1) is 23.6 Å². The minimum absolute atomic E-state index is 0.0336. The Morgan fingerprint density at radius 1 is 1.12 bits per heavy atom. The van der Waals surface area contributed by atoms with E-state index in [-0.39, 0.29) is 11.5 Å². The molecule has 1 N–H and O–H groups in total. The molecule has 4 aliphatic rings. The Kier molecular flexibility index (Phi) is 3.03. The highest BCUT2D eigenvalue weighted by molar-refractivity contribution is 5.94. The molecule has 1 aromatic rings. The molecule has 126 valence electrons. The third kappa shape index (κ3) is 1.96. The average molecular weight is 328 g/mol. The van der Waals surface area contributed by atoms with Crippen molar-refractivity contribution in [3.8, 4) is 0 Å². The van der Waals surface area contributed by atoms with Crippen molar-refractivity contribution in [2.24, 2.45) is 22.7 Å². The first-order valence-corrected chi connectivity index (χ1v) is 9.02. The van der Waals surface area contributed by atoms with Gasteiger partial charge in [0.2, 0.25) is 0 Å². The molecule has 5 heteroatoms. The first-order valence-electron chi connectivity index (χ1n) is 9.02. The Morgan fingerprint density at radius 3 is 2.46 bits per heavy atom. The van der Waals surface area contributed by atoms with Crippen LogP contribution in [0.15, 0.2) is 17.1 Å². The first-order chi connectivity index (χ1) is 11.6. The second-order valence-electron chi connectivity index (χ2n) is 7.82. The van der Waals surface area contributed by atoms with Gasteiger partial charge in [-0.15, -0.1) is 0 Å². The molecule has 0 aromatic heterocycles. The van der Waals surface area contributed by atoms with E-state index in [1.165, 1.54) is 19.3 Å². The predicted molar refractivity (Wildman–Crippen MR) is 88.3 cm³/mol. The van der Waals surface area contributed by atoms with Gasteiger partial charge in [0.15, 0.2) is 0 Å². The van der Waals surface area contributed by atoms with E-state index in [1.807, 2.05) is 0 Å². The normalized spacial score (nSPS) is 33.4. The van der Waals surface area contributed by atoms with Gasteiger partial charge in [0, 0.05) is 19.0 Å². The van der Waals surface area contributed by atoms with Gasteiger partial charge in [-0.2, -0.15) is 0 Å². The molecule has 2 heterocycles. The third-order valence-electron chi connectivity index (χ3n) is 6.62. The maximum absolute atomic E-state index is 14.5. The van der Waals surface area contributed by atoms with Crippen molar-refractivity contribution in [1.82, 2.24) is 4.90 Å². The molecule has 2 unspecified atom stereocenters. The molecule has 1 saturated heterocycles. The van der Waals surface area contributed by atoms with Gasteiger partial charge in [0.25, 0.3) is 0 Å². The first kappa shape index (κ1) is 14.4. The zero-order valence-corrected chi connectivity index (χ0v) is 13.5. The number of amidine groups is 1. The lowest BCUT2D eigenvalue weighted by Crippen LogP contribution is -2.43. The van der Waals surface area contributed by atoms with Gasteiger partial charge in [-0.1, -0.05) is 6.42 Å². The number of carboxylic acids is 1. The van der Waals surface area contributed by atoms with Crippen LogP contribution in [0.1, 0.15) is 53.9 Å². The minimum atomic E-state index is -1.07. The molecule has 0 amide bonds. The van der Waals surface area contributed by atoms with Gasteiger partial charge in [-0.3, -0.25) is 0 Å². The smallest absolute Gasteiger partial charge is 0.335 e. The molecule has 24 heavy (non-hydrogen) atoms. The van der Waals surface area contributed by atoms with Crippen LogP contribution in [0.25, 0.3) is 0 Å². The number of fused-ring (bicyclic) bond motifs is 4. The Bertz CT molecular complexity index is 748. The van der Waals surface area contributed by atoms with Crippen molar-refractivity contribution in [2.45, 2.75) is 38.0 Å². The lowest BCUT2D eigenvalue weighted by atomic mass is 9.67. The van der Waals surface area contributed by atoms with Gasteiger partial charge in [-0.05, 0) is 61.1 Å². The van der Waals surface area contributed by atoms with E-state index >= 15 is 0 Å². The molecule has 4 atom stereocenters. The average Bonchev–Trinajstić information content (AvgIpc) is 3.08. The maximum Gasteiger partial charge on any atom is 0.335 e. The summed E-state index contributed by atoms with van der Waals surface area (Å²) in [5.41, 5.74) is 1.21. The fraction of sp³-hybridized carbons (Fsp3) is 0.579. The lowest BCUT2D eigenvalue weighted by molar-refractivity contribution is 0.0696. The van der Waals surface area contributed by atoms with Crippen LogP contribution in [0.2, 0.25) is 0 Å². The van der Waals surface area contributed by atoms with Gasteiger partial charge in [0.05, 0.1) is 5.56 Å². The van der Waals surface area contributed by atoms with E-state index in [0.29, 0.717) is 11.6 Å². The van der Waals surface area contributed by atoms with Gasteiger partial charge in [-0.25, -0.2) is 14.2 Å². The Balaban J connectivity index is 1.54. The van der Waals surface area contributed by atoms with Crippen molar-refractivity contribution in [2.75, 3.05) is 13.1 Å². The van der Waals surface area contributed by atoms with Crippen molar-refractivity contribution in [3.63, 3.8) is 0 Å². The number of carbonyl (C=O) groups is 1. The number of nitrogens with zero attached hydrogens (tertiary/aromatic N) is 2. The molecule has 0 radical (unpaired) electrons. The van der Waals surface area contributed by atoms with Crippen LogP contribution in [-0.4, -0.2) is 34.9 Å². The van der Waals surface area contributed by atoms with Gasteiger partial charge in [0.1, 0.15) is 17.3 Å². The van der Waals surface area contributed by atoms with E-state index in [2.05, 4.69) is 4.90 Å². The molecule has 5 rings (SSSR count). The number of likely N-dealkylation sites (tertiary alicyclic amines) is 1. The largest absolute Gasteiger partial charge is 0.478 e. The SMILES string of the molecule is O=C(O)c1cc(F)c2c(c1)C1CCC1C(N1C[C@H]3CCC[C@H]3C1)=N2. The number of hydrogen-bond donors (Lipinski definition) is 1. The molecule has 2 saturated carbocycles. The summed E-state index contributed by atoms with van der Waals surface area (Å²) >= 11 is 0. The monoisotopic (exact) mass is 328 g/mol. The fourth-order valence-electron chi connectivity index (χ4n) is 5.25. The quantitative estimate of drug-likeness (QED) is 0.853. The second-order valence-corrected chi connectivity index (χ2v) is 7.82. The number of benzene rings is 1. The van der Waals surface area contributed by atoms with Crippen LogP contribution in [0.4, 0.5) is 10.1 Å². The molecule has 0 bridgehead atoms. The lowest BCUT2D eigenvalue weighted by Gasteiger charge is -2.44. The van der Waals surface area contributed by atoms with Gasteiger partial charge >= 0.3 is 5.97 Å². The third-order valence-corrected chi connectivity index (χ3v) is 6.62. The summed E-state index contributed by atoms with van der Waals surface area (Å²) in [4.78, 5) is 18.3. The van der Waals surface area contributed by atoms with Crippen molar-refractivity contribution >= 4 is 17.5 Å². The topological polar surface area (TPSA) is 52.9 Å². The number of hydrogen-bond acceptors (Lipinski definition) is 3. The summed E-state index contributed by atoms with van der Waals surface area (Å²) in [7, 11) is 0. The summed E-state index contributed by atoms with van der Waals surface area (Å²) in [5, 5.41) is 9.19. The minimum Gasteiger partial charge on any atom is -0.478 e. The van der Waals surface area contributed by atoms with Crippen molar-refractivity contribution in [1.29, 1.82) is 0 Å². The molecule has 2 aliphatic carbocycles. The maximum atomic E-state index is 14.5. The predicted octanol–water partition coefficient (Wildman–Crippen LogP) is 3.79. The van der Waals surface area contributed by atoms with E-state index in [4.69, 9.17) is 4.99 Å². The number of aliphatic imine (C=N–C) groups is 1. The zero-order valence-electron chi connectivity index (χ0n) is 13.5. The summed E-state index contributed by atoms with van der Waals surface area (Å²) in [6, 6.07) is 2.75. The second kappa shape index (κ2) is 5.04. The van der Waals surface area contributed by atoms with Crippen LogP contribution in [0.5, 0.6) is 0 Å². The number of rotatable bonds is 1.